The summed E-state index contributed by atoms with van der Waals surface area (Å²) in [5.41, 5.74) is 0. The van der Waals surface area contributed by atoms with E-state index in [0.29, 0.717) is 6.04 Å². The first kappa shape index (κ1) is 9.30. The van der Waals surface area contributed by atoms with Gasteiger partial charge in [-0.15, -0.1) is 0 Å². The molecule has 2 heteroatoms. The van der Waals surface area contributed by atoms with E-state index >= 15 is 0 Å². The second kappa shape index (κ2) is 4.96. The van der Waals surface area contributed by atoms with E-state index in [1.807, 2.05) is 6.20 Å². The average Bonchev–Trinajstić information content (AvgIpc) is 2.56. The molecule has 2 nitrogen and oxygen atoms in total. The molecule has 0 atom stereocenters. The summed E-state index contributed by atoms with van der Waals surface area (Å²) in [4.78, 5) is 3.09. The molecule has 0 saturated carbocycles. The predicted molar refractivity (Wildman–Crippen MR) is 49.8 cm³/mol. The van der Waals surface area contributed by atoms with Crippen LogP contribution >= 0.6 is 0 Å². The lowest BCUT2D eigenvalue weighted by Gasteiger charge is -2.10. The number of imidazole rings is 1. The summed E-state index contributed by atoms with van der Waals surface area (Å²) < 4.78 is 2.28. The third kappa shape index (κ3) is 2.36. The highest BCUT2D eigenvalue weighted by molar-refractivity contribution is 4.59. The van der Waals surface area contributed by atoms with Crippen LogP contribution in [0.3, 0.4) is 0 Å². The second-order valence-electron chi connectivity index (χ2n) is 3.29. The molecule has 0 aliphatic rings. The molecule has 0 spiro atoms. The van der Waals surface area contributed by atoms with Crippen LogP contribution in [0.4, 0.5) is 0 Å². The van der Waals surface area contributed by atoms with Gasteiger partial charge in [-0.3, -0.25) is 4.98 Å². The van der Waals surface area contributed by atoms with Crippen LogP contribution in [-0.2, 0) is 0 Å². The molecule has 0 amide bonds. The van der Waals surface area contributed by atoms with Crippen LogP contribution < -0.4 is 4.57 Å². The van der Waals surface area contributed by atoms with E-state index in [1.54, 1.807) is 0 Å². The zero-order valence-corrected chi connectivity index (χ0v) is 8.09. The molecule has 0 unspecified atom stereocenters. The van der Waals surface area contributed by atoms with Crippen molar-refractivity contribution >= 4 is 0 Å². The van der Waals surface area contributed by atoms with Crippen LogP contribution in [0.2, 0.25) is 0 Å². The highest BCUT2D eigenvalue weighted by atomic mass is 15.0. The Kier molecular flexibility index (Phi) is 3.85. The molecule has 1 aromatic heterocycles. The van der Waals surface area contributed by atoms with E-state index in [1.165, 1.54) is 25.7 Å². The minimum atomic E-state index is 0.700. The van der Waals surface area contributed by atoms with Gasteiger partial charge >= 0.3 is 0 Å². The van der Waals surface area contributed by atoms with Gasteiger partial charge in [0.25, 0.3) is 0 Å². The molecule has 0 aliphatic carbocycles. The van der Waals surface area contributed by atoms with E-state index in [-0.39, 0.29) is 0 Å². The zero-order chi connectivity index (χ0) is 8.81. The Morgan fingerprint density at radius 1 is 1.25 bits per heavy atom. The number of H-pyrrole nitrogens is 1. The zero-order valence-electron chi connectivity index (χ0n) is 8.09. The van der Waals surface area contributed by atoms with Gasteiger partial charge in [0.15, 0.2) is 0 Å². The largest absolute Gasteiger partial charge is 0.250 e. The smallest absolute Gasteiger partial charge is 0.241 e. The molecule has 68 valence electrons. The molecule has 0 saturated heterocycles. The first-order valence-electron chi connectivity index (χ1n) is 4.92. The van der Waals surface area contributed by atoms with E-state index < -0.39 is 0 Å². The molecule has 12 heavy (non-hydrogen) atoms. The molecular formula is C10H19N2+. The van der Waals surface area contributed by atoms with Crippen molar-refractivity contribution in [2.45, 2.75) is 45.6 Å². The van der Waals surface area contributed by atoms with Crippen molar-refractivity contribution in [2.24, 2.45) is 0 Å². The molecule has 1 heterocycles. The fourth-order valence-corrected chi connectivity index (χ4v) is 1.64. The van der Waals surface area contributed by atoms with Gasteiger partial charge < -0.3 is 0 Å². The number of aromatic amines is 1. The Balaban J connectivity index is 2.53. The van der Waals surface area contributed by atoms with E-state index in [2.05, 4.69) is 35.9 Å². The van der Waals surface area contributed by atoms with E-state index in [9.17, 15) is 0 Å². The monoisotopic (exact) mass is 167 g/mol. The van der Waals surface area contributed by atoms with Gasteiger partial charge in [-0.2, -0.15) is 0 Å². The number of hydrogen-bond acceptors (Lipinski definition) is 0. The molecule has 0 bridgehead atoms. The first-order chi connectivity index (χ1) is 5.88. The highest BCUT2D eigenvalue weighted by Crippen LogP contribution is 2.12. The molecule has 1 aromatic rings. The lowest BCUT2D eigenvalue weighted by Crippen LogP contribution is -2.36. The standard InChI is InChI=1S/C10H18N2/c1-3-5-10(6-4-2)12-8-7-11-9-12/h7-10H,3-6H2,1-2H3/p+1. The van der Waals surface area contributed by atoms with Crippen molar-refractivity contribution in [1.29, 1.82) is 0 Å². The maximum absolute atomic E-state index is 3.09. The summed E-state index contributed by atoms with van der Waals surface area (Å²) in [5.74, 6) is 0. The summed E-state index contributed by atoms with van der Waals surface area (Å²) in [5, 5.41) is 0. The first-order valence-corrected chi connectivity index (χ1v) is 4.92. The Morgan fingerprint density at radius 3 is 2.33 bits per heavy atom. The number of nitrogens with zero attached hydrogens (tertiary/aromatic N) is 1. The van der Waals surface area contributed by atoms with Gasteiger partial charge in [-0.1, -0.05) is 26.7 Å². The summed E-state index contributed by atoms with van der Waals surface area (Å²) in [7, 11) is 0. The Morgan fingerprint density at radius 2 is 1.92 bits per heavy atom. The number of aromatic nitrogens is 2. The van der Waals surface area contributed by atoms with Gasteiger partial charge in [0.1, 0.15) is 18.4 Å². The third-order valence-corrected chi connectivity index (χ3v) is 2.23. The SMILES string of the molecule is CCCC(CCC)[n+]1cc[nH]c1. The molecule has 0 radical (unpaired) electrons. The van der Waals surface area contributed by atoms with Crippen LogP contribution in [0.5, 0.6) is 0 Å². The van der Waals surface area contributed by atoms with Crippen molar-refractivity contribution in [2.75, 3.05) is 0 Å². The minimum Gasteiger partial charge on any atom is -0.250 e. The van der Waals surface area contributed by atoms with Crippen molar-refractivity contribution in [3.8, 4) is 0 Å². The topological polar surface area (TPSA) is 19.7 Å². The summed E-state index contributed by atoms with van der Waals surface area (Å²) in [6.45, 7) is 4.49. The van der Waals surface area contributed by atoms with Crippen molar-refractivity contribution in [1.82, 2.24) is 4.98 Å². The Bertz CT molecular complexity index is 186. The number of nitrogens with one attached hydrogen (secondary N) is 1. The van der Waals surface area contributed by atoms with E-state index in [0.717, 1.165) is 0 Å². The lowest BCUT2D eigenvalue weighted by molar-refractivity contribution is -0.723. The molecule has 1 rings (SSSR count). The van der Waals surface area contributed by atoms with Gasteiger partial charge in [0.2, 0.25) is 6.33 Å². The molecule has 0 aliphatic heterocycles. The average molecular weight is 167 g/mol. The van der Waals surface area contributed by atoms with Crippen molar-refractivity contribution in [3.63, 3.8) is 0 Å². The Labute approximate surface area is 74.6 Å². The van der Waals surface area contributed by atoms with Crippen molar-refractivity contribution < 1.29 is 4.57 Å². The van der Waals surface area contributed by atoms with Crippen LogP contribution in [0, 0.1) is 0 Å². The van der Waals surface area contributed by atoms with Gasteiger partial charge in [0, 0.05) is 0 Å². The molecule has 1 N–H and O–H groups in total. The van der Waals surface area contributed by atoms with Crippen LogP contribution in [0.1, 0.15) is 45.6 Å². The highest BCUT2D eigenvalue weighted by Gasteiger charge is 2.12. The molecular weight excluding hydrogens is 148 g/mol. The fraction of sp³-hybridized carbons (Fsp3) is 0.700. The predicted octanol–water partition coefficient (Wildman–Crippen LogP) is 2.44. The number of rotatable bonds is 5. The van der Waals surface area contributed by atoms with Crippen LogP contribution in [0.25, 0.3) is 0 Å². The fourth-order valence-electron chi connectivity index (χ4n) is 1.64. The summed E-state index contributed by atoms with van der Waals surface area (Å²) in [6, 6.07) is 0.700. The summed E-state index contributed by atoms with van der Waals surface area (Å²) in [6.07, 6.45) is 11.3. The maximum Gasteiger partial charge on any atom is 0.241 e. The van der Waals surface area contributed by atoms with Gasteiger partial charge in [-0.05, 0) is 12.8 Å². The maximum atomic E-state index is 3.09. The van der Waals surface area contributed by atoms with Crippen LogP contribution in [0.15, 0.2) is 18.7 Å². The van der Waals surface area contributed by atoms with Crippen molar-refractivity contribution in [3.05, 3.63) is 18.7 Å². The van der Waals surface area contributed by atoms with E-state index in [4.69, 9.17) is 0 Å². The second-order valence-corrected chi connectivity index (χ2v) is 3.29. The number of hydrogen-bond donors (Lipinski definition) is 1. The van der Waals surface area contributed by atoms with Crippen LogP contribution in [-0.4, -0.2) is 4.98 Å². The molecule has 0 aromatic carbocycles. The minimum absolute atomic E-state index is 0.700. The summed E-state index contributed by atoms with van der Waals surface area (Å²) >= 11 is 0. The Hall–Kier alpha value is -0.790. The normalized spacial score (nSPS) is 10.9. The van der Waals surface area contributed by atoms with Gasteiger partial charge in [0.05, 0.1) is 0 Å². The molecule has 0 fully saturated rings. The quantitative estimate of drug-likeness (QED) is 0.650. The third-order valence-electron chi connectivity index (χ3n) is 2.23. The van der Waals surface area contributed by atoms with Gasteiger partial charge in [-0.25, -0.2) is 4.57 Å². The lowest BCUT2D eigenvalue weighted by atomic mass is 10.1.